The number of imide groups is 1. The lowest BCUT2D eigenvalue weighted by molar-refractivity contribution is -0.130. The first kappa shape index (κ1) is 20.5. The number of nitrogens with zero attached hydrogens (tertiary/aromatic N) is 2. The monoisotopic (exact) mass is 368 g/mol. The molecule has 0 aromatic rings. The lowest BCUT2D eigenvalue weighted by Gasteiger charge is -2.41. The van der Waals surface area contributed by atoms with Crippen molar-refractivity contribution in [3.63, 3.8) is 0 Å². The van der Waals surface area contributed by atoms with Crippen LogP contribution in [0.2, 0.25) is 0 Å². The van der Waals surface area contributed by atoms with Gasteiger partial charge in [0, 0.05) is 31.0 Å². The zero-order valence-electron chi connectivity index (χ0n) is 17.0. The normalized spacial score (nSPS) is 23.3. The van der Waals surface area contributed by atoms with Crippen LogP contribution in [0.25, 0.3) is 0 Å². The highest BCUT2D eigenvalue weighted by atomic mass is 16.6. The molecule has 2 rings (SSSR count). The van der Waals surface area contributed by atoms with E-state index in [9.17, 15) is 14.4 Å². The Balaban J connectivity index is 2.03. The zero-order valence-corrected chi connectivity index (χ0v) is 17.0. The minimum Gasteiger partial charge on any atom is -0.444 e. The topological polar surface area (TPSA) is 76.2 Å². The molecule has 0 bridgehead atoms. The van der Waals surface area contributed by atoms with Crippen LogP contribution in [0.4, 0.5) is 9.59 Å². The number of ether oxygens (including phenoxy) is 2. The Bertz CT molecular complexity index is 580. The molecule has 0 N–H and O–H groups in total. The molecule has 1 spiro atoms. The Morgan fingerprint density at radius 2 is 1.42 bits per heavy atom. The van der Waals surface area contributed by atoms with Gasteiger partial charge in [0.1, 0.15) is 11.2 Å². The number of amides is 3. The number of piperidine rings is 1. The van der Waals surface area contributed by atoms with E-state index >= 15 is 0 Å². The largest absolute Gasteiger partial charge is 0.444 e. The van der Waals surface area contributed by atoms with Crippen LogP contribution in [0.1, 0.15) is 61.3 Å². The molecule has 2 fully saturated rings. The van der Waals surface area contributed by atoms with Gasteiger partial charge in [0.15, 0.2) is 0 Å². The molecule has 2 aliphatic rings. The second kappa shape index (κ2) is 6.74. The summed E-state index contributed by atoms with van der Waals surface area (Å²) in [7, 11) is 0. The molecule has 2 saturated heterocycles. The minimum absolute atomic E-state index is 0.190. The second-order valence-corrected chi connectivity index (χ2v) is 9.46. The summed E-state index contributed by atoms with van der Waals surface area (Å²) < 4.78 is 10.8. The van der Waals surface area contributed by atoms with Crippen molar-refractivity contribution in [2.24, 2.45) is 11.3 Å². The quantitative estimate of drug-likeness (QED) is 0.655. The van der Waals surface area contributed by atoms with Crippen LogP contribution in [0.15, 0.2) is 0 Å². The van der Waals surface area contributed by atoms with E-state index in [1.807, 2.05) is 27.7 Å². The number of carbonyl (C=O) groups excluding carboxylic acids is 3. The van der Waals surface area contributed by atoms with Crippen LogP contribution in [0.3, 0.4) is 0 Å². The van der Waals surface area contributed by atoms with Crippen molar-refractivity contribution < 1.29 is 23.9 Å². The van der Waals surface area contributed by atoms with Gasteiger partial charge in [-0.3, -0.25) is 4.79 Å². The van der Waals surface area contributed by atoms with Crippen LogP contribution in [-0.2, 0) is 14.3 Å². The fourth-order valence-electron chi connectivity index (χ4n) is 3.55. The smallest absolute Gasteiger partial charge is 0.417 e. The minimum atomic E-state index is -0.642. The molecule has 26 heavy (non-hydrogen) atoms. The van der Waals surface area contributed by atoms with Crippen LogP contribution in [0.5, 0.6) is 0 Å². The van der Waals surface area contributed by atoms with Crippen LogP contribution in [-0.4, -0.2) is 58.7 Å². The van der Waals surface area contributed by atoms with Gasteiger partial charge in [-0.1, -0.05) is 6.92 Å². The molecule has 0 aromatic carbocycles. The maximum absolute atomic E-state index is 12.6. The van der Waals surface area contributed by atoms with Crippen molar-refractivity contribution in [1.82, 2.24) is 9.80 Å². The van der Waals surface area contributed by atoms with Gasteiger partial charge in [0.2, 0.25) is 5.91 Å². The first-order valence-electron chi connectivity index (χ1n) is 9.26. The molecule has 148 valence electrons. The number of hydrogen-bond acceptors (Lipinski definition) is 5. The van der Waals surface area contributed by atoms with Crippen LogP contribution in [0, 0.1) is 11.3 Å². The molecule has 1 atom stereocenters. The van der Waals surface area contributed by atoms with Crippen molar-refractivity contribution in [3.8, 4) is 0 Å². The van der Waals surface area contributed by atoms with Crippen molar-refractivity contribution in [2.45, 2.75) is 72.5 Å². The van der Waals surface area contributed by atoms with Crippen LogP contribution < -0.4 is 0 Å². The molecule has 2 aliphatic heterocycles. The fourth-order valence-corrected chi connectivity index (χ4v) is 3.55. The molecular formula is C19H32N2O5. The van der Waals surface area contributed by atoms with Crippen molar-refractivity contribution in [3.05, 3.63) is 0 Å². The number of hydrogen-bond donors (Lipinski definition) is 0. The Hall–Kier alpha value is -1.79. The van der Waals surface area contributed by atoms with E-state index in [0.29, 0.717) is 32.5 Å². The third-order valence-electron chi connectivity index (χ3n) is 5.05. The Morgan fingerprint density at radius 3 is 1.88 bits per heavy atom. The summed E-state index contributed by atoms with van der Waals surface area (Å²) >= 11 is 0. The van der Waals surface area contributed by atoms with Gasteiger partial charge in [-0.25, -0.2) is 14.5 Å². The lowest BCUT2D eigenvalue weighted by atomic mass is 9.71. The molecule has 0 saturated carbocycles. The maximum atomic E-state index is 12.6. The molecule has 0 unspecified atom stereocenters. The van der Waals surface area contributed by atoms with E-state index in [2.05, 4.69) is 0 Å². The summed E-state index contributed by atoms with van der Waals surface area (Å²) in [5.41, 5.74) is -1.47. The molecule has 3 amide bonds. The Kier molecular flexibility index (Phi) is 5.32. The molecule has 7 heteroatoms. The number of carbonyl (C=O) groups is 3. The van der Waals surface area contributed by atoms with Crippen molar-refractivity contribution in [1.29, 1.82) is 0 Å². The first-order chi connectivity index (χ1) is 11.7. The summed E-state index contributed by atoms with van der Waals surface area (Å²) in [6, 6.07) is 0. The third kappa shape index (κ3) is 4.48. The summed E-state index contributed by atoms with van der Waals surface area (Å²) in [6.07, 6.45) is 0.422. The SMILES string of the molecule is C[C@H]1C(=O)N(C(=O)OC(C)(C)C)CC12CCN(C(=O)OC(C)(C)C)CC2. The predicted octanol–water partition coefficient (Wildman–Crippen LogP) is 3.42. The van der Waals surface area contributed by atoms with E-state index in [1.165, 1.54) is 4.90 Å². The summed E-state index contributed by atoms with van der Waals surface area (Å²) in [6.45, 7) is 14.1. The van der Waals surface area contributed by atoms with E-state index in [1.54, 1.807) is 25.7 Å². The van der Waals surface area contributed by atoms with Gasteiger partial charge < -0.3 is 14.4 Å². The highest BCUT2D eigenvalue weighted by Crippen LogP contribution is 2.45. The third-order valence-corrected chi connectivity index (χ3v) is 5.05. The standard InChI is InChI=1S/C19H32N2O5/c1-13-14(22)21(16(24)26-18(5,6)7)12-19(13)8-10-20(11-9-19)15(23)25-17(2,3)4/h13H,8-12H2,1-7H3/t13-/m0/s1. The summed E-state index contributed by atoms with van der Waals surface area (Å²) in [5.74, 6) is -0.458. The molecule has 0 aliphatic carbocycles. The first-order valence-corrected chi connectivity index (χ1v) is 9.26. The van der Waals surface area contributed by atoms with Gasteiger partial charge in [-0.15, -0.1) is 0 Å². The number of likely N-dealkylation sites (tertiary alicyclic amines) is 2. The summed E-state index contributed by atoms with van der Waals surface area (Å²) in [5, 5.41) is 0. The average molecular weight is 368 g/mol. The molecule has 0 aromatic heterocycles. The predicted molar refractivity (Wildman–Crippen MR) is 96.6 cm³/mol. The van der Waals surface area contributed by atoms with Crippen LogP contribution >= 0.6 is 0 Å². The number of rotatable bonds is 0. The molecule has 7 nitrogen and oxygen atoms in total. The summed E-state index contributed by atoms with van der Waals surface area (Å²) in [4.78, 5) is 40.2. The molecule has 2 heterocycles. The molecule has 0 radical (unpaired) electrons. The van der Waals surface area contributed by atoms with Gasteiger partial charge in [0.05, 0.1) is 0 Å². The van der Waals surface area contributed by atoms with Crippen molar-refractivity contribution >= 4 is 18.1 Å². The highest BCUT2D eigenvalue weighted by molar-refractivity contribution is 5.95. The van der Waals surface area contributed by atoms with E-state index in [-0.39, 0.29) is 23.3 Å². The van der Waals surface area contributed by atoms with Gasteiger partial charge >= 0.3 is 12.2 Å². The van der Waals surface area contributed by atoms with Gasteiger partial charge in [-0.2, -0.15) is 0 Å². The average Bonchev–Trinajstić information content (AvgIpc) is 2.70. The highest BCUT2D eigenvalue weighted by Gasteiger charge is 2.53. The molecular weight excluding hydrogens is 336 g/mol. The fraction of sp³-hybridized carbons (Fsp3) is 0.842. The maximum Gasteiger partial charge on any atom is 0.417 e. The van der Waals surface area contributed by atoms with E-state index in [4.69, 9.17) is 9.47 Å². The van der Waals surface area contributed by atoms with Gasteiger partial charge in [0.25, 0.3) is 0 Å². The van der Waals surface area contributed by atoms with Crippen molar-refractivity contribution in [2.75, 3.05) is 19.6 Å². The lowest BCUT2D eigenvalue weighted by Crippen LogP contribution is -2.47. The Morgan fingerprint density at radius 1 is 0.962 bits per heavy atom. The van der Waals surface area contributed by atoms with Gasteiger partial charge in [-0.05, 0) is 54.4 Å². The Labute approximate surface area is 156 Å². The van der Waals surface area contributed by atoms with E-state index < -0.39 is 17.3 Å². The zero-order chi connectivity index (χ0) is 19.9. The van der Waals surface area contributed by atoms with E-state index in [0.717, 1.165) is 0 Å². The second-order valence-electron chi connectivity index (χ2n) is 9.46.